The predicted molar refractivity (Wildman–Crippen MR) is 65.9 cm³/mol. The minimum Gasteiger partial charge on any atom is -0.382 e. The zero-order chi connectivity index (χ0) is 9.80. The van der Waals surface area contributed by atoms with Crippen LogP contribution in [0.1, 0.15) is 18.4 Å². The van der Waals surface area contributed by atoms with Gasteiger partial charge in [-0.05, 0) is 37.5 Å². The number of rotatable bonds is 2. The molecule has 0 radical (unpaired) electrons. The first kappa shape index (κ1) is 12.3. The van der Waals surface area contributed by atoms with E-state index in [1.807, 2.05) is 0 Å². The van der Waals surface area contributed by atoms with Crippen molar-refractivity contribution in [1.29, 1.82) is 0 Å². The lowest BCUT2D eigenvalue weighted by molar-refractivity contribution is 0.0904. The van der Waals surface area contributed by atoms with Crippen molar-refractivity contribution < 1.29 is 4.74 Å². The highest BCUT2D eigenvalue weighted by Gasteiger charge is 2.12. The summed E-state index contributed by atoms with van der Waals surface area (Å²) in [6, 6.07) is 9.12. The molecule has 0 atom stereocenters. The molecule has 1 aliphatic heterocycles. The van der Waals surface area contributed by atoms with Crippen molar-refractivity contribution in [1.82, 2.24) is 0 Å². The summed E-state index contributed by atoms with van der Waals surface area (Å²) >= 11 is 0. The molecular weight excluding hydrogens is 210 g/mol. The third kappa shape index (κ3) is 3.73. The number of ether oxygens (including phenoxy) is 1. The van der Waals surface area contributed by atoms with Crippen molar-refractivity contribution in [2.24, 2.45) is 0 Å². The zero-order valence-corrected chi connectivity index (χ0v) is 9.85. The molecule has 0 spiro atoms. The quantitative estimate of drug-likeness (QED) is 0.839. The van der Waals surface area contributed by atoms with Crippen LogP contribution in [0.2, 0.25) is 0 Å². The van der Waals surface area contributed by atoms with Crippen LogP contribution in [0.25, 0.3) is 0 Å². The average molecular weight is 228 g/mol. The molecule has 0 saturated carbocycles. The Balaban J connectivity index is 0.00000112. The second kappa shape index (κ2) is 5.99. The summed E-state index contributed by atoms with van der Waals surface area (Å²) in [6.45, 7) is 3.90. The van der Waals surface area contributed by atoms with Crippen LogP contribution in [0.3, 0.4) is 0 Å². The standard InChI is InChI=1S/C12H17NO.ClH/c1-10-3-2-4-12(9-10)13-11-5-7-14-8-6-11;/h2-4,9,11,13H,5-8H2,1H3;1H. The highest BCUT2D eigenvalue weighted by molar-refractivity contribution is 5.85. The summed E-state index contributed by atoms with van der Waals surface area (Å²) in [6.07, 6.45) is 2.24. The fraction of sp³-hybridized carbons (Fsp3) is 0.500. The van der Waals surface area contributed by atoms with Crippen LogP contribution in [0.4, 0.5) is 5.69 Å². The van der Waals surface area contributed by atoms with Gasteiger partial charge in [-0.3, -0.25) is 0 Å². The van der Waals surface area contributed by atoms with E-state index in [-0.39, 0.29) is 12.4 Å². The monoisotopic (exact) mass is 227 g/mol. The number of aryl methyl sites for hydroxylation is 1. The molecule has 1 aliphatic rings. The van der Waals surface area contributed by atoms with Gasteiger partial charge in [0, 0.05) is 24.9 Å². The van der Waals surface area contributed by atoms with E-state index < -0.39 is 0 Å². The molecule has 0 aliphatic carbocycles. The second-order valence-electron chi connectivity index (χ2n) is 3.90. The summed E-state index contributed by atoms with van der Waals surface area (Å²) in [5.41, 5.74) is 2.54. The van der Waals surface area contributed by atoms with Crippen LogP contribution in [-0.2, 0) is 4.74 Å². The third-order valence-electron chi connectivity index (χ3n) is 2.61. The molecule has 1 N–H and O–H groups in total. The van der Waals surface area contributed by atoms with E-state index in [0.29, 0.717) is 6.04 Å². The summed E-state index contributed by atoms with van der Waals surface area (Å²) in [4.78, 5) is 0. The fourth-order valence-electron chi connectivity index (χ4n) is 1.81. The highest BCUT2D eigenvalue weighted by atomic mass is 35.5. The molecule has 1 heterocycles. The van der Waals surface area contributed by atoms with Gasteiger partial charge in [0.25, 0.3) is 0 Å². The minimum atomic E-state index is 0. The zero-order valence-electron chi connectivity index (χ0n) is 9.03. The Labute approximate surface area is 97.4 Å². The largest absolute Gasteiger partial charge is 0.382 e. The molecule has 0 unspecified atom stereocenters. The molecule has 0 aromatic heterocycles. The highest BCUT2D eigenvalue weighted by Crippen LogP contribution is 2.15. The van der Waals surface area contributed by atoms with Gasteiger partial charge < -0.3 is 10.1 Å². The topological polar surface area (TPSA) is 21.3 Å². The summed E-state index contributed by atoms with van der Waals surface area (Å²) in [5.74, 6) is 0. The van der Waals surface area contributed by atoms with Crippen LogP contribution in [-0.4, -0.2) is 19.3 Å². The van der Waals surface area contributed by atoms with Gasteiger partial charge in [0.1, 0.15) is 0 Å². The molecule has 84 valence electrons. The maximum atomic E-state index is 5.32. The number of halogens is 1. The van der Waals surface area contributed by atoms with Gasteiger partial charge in [-0.15, -0.1) is 12.4 Å². The van der Waals surface area contributed by atoms with Gasteiger partial charge in [0.05, 0.1) is 0 Å². The predicted octanol–water partition coefficient (Wildman–Crippen LogP) is 3.01. The number of hydrogen-bond donors (Lipinski definition) is 1. The van der Waals surface area contributed by atoms with Crippen LogP contribution in [0.5, 0.6) is 0 Å². The van der Waals surface area contributed by atoms with Crippen molar-refractivity contribution in [3.05, 3.63) is 29.8 Å². The SMILES string of the molecule is Cc1cccc(NC2CCOCC2)c1.Cl. The number of benzene rings is 1. The fourth-order valence-corrected chi connectivity index (χ4v) is 1.81. The van der Waals surface area contributed by atoms with Gasteiger partial charge in [-0.1, -0.05) is 12.1 Å². The Kier molecular flexibility index (Phi) is 4.92. The molecule has 1 saturated heterocycles. The van der Waals surface area contributed by atoms with Crippen LogP contribution in [0.15, 0.2) is 24.3 Å². The number of anilines is 1. The second-order valence-corrected chi connectivity index (χ2v) is 3.90. The van der Waals surface area contributed by atoms with Crippen molar-refractivity contribution in [3.63, 3.8) is 0 Å². The van der Waals surface area contributed by atoms with Crippen molar-refractivity contribution >= 4 is 18.1 Å². The van der Waals surface area contributed by atoms with E-state index in [1.54, 1.807) is 0 Å². The van der Waals surface area contributed by atoms with E-state index in [1.165, 1.54) is 11.3 Å². The van der Waals surface area contributed by atoms with Crippen LogP contribution >= 0.6 is 12.4 Å². The summed E-state index contributed by atoms with van der Waals surface area (Å²) in [5, 5.41) is 3.54. The van der Waals surface area contributed by atoms with Crippen LogP contribution in [0, 0.1) is 6.92 Å². The molecule has 1 fully saturated rings. The Morgan fingerprint density at radius 2 is 2.00 bits per heavy atom. The lowest BCUT2D eigenvalue weighted by Crippen LogP contribution is -2.27. The molecule has 0 bridgehead atoms. The lowest BCUT2D eigenvalue weighted by atomic mass is 10.1. The van der Waals surface area contributed by atoms with Crippen LogP contribution < -0.4 is 5.32 Å². The van der Waals surface area contributed by atoms with Crippen molar-refractivity contribution in [2.45, 2.75) is 25.8 Å². The Morgan fingerprint density at radius 3 is 2.67 bits per heavy atom. The van der Waals surface area contributed by atoms with Crippen molar-refractivity contribution in [2.75, 3.05) is 18.5 Å². The molecule has 3 heteroatoms. The molecule has 1 aromatic carbocycles. The lowest BCUT2D eigenvalue weighted by Gasteiger charge is -2.24. The molecular formula is C12H18ClNO. The summed E-state index contributed by atoms with van der Waals surface area (Å²) < 4.78 is 5.32. The first-order chi connectivity index (χ1) is 6.84. The van der Waals surface area contributed by atoms with Gasteiger partial charge in [0.2, 0.25) is 0 Å². The van der Waals surface area contributed by atoms with E-state index in [4.69, 9.17) is 4.74 Å². The molecule has 1 aromatic rings. The number of hydrogen-bond acceptors (Lipinski definition) is 2. The van der Waals surface area contributed by atoms with Gasteiger partial charge >= 0.3 is 0 Å². The third-order valence-corrected chi connectivity index (χ3v) is 2.61. The first-order valence-electron chi connectivity index (χ1n) is 5.25. The van der Waals surface area contributed by atoms with Gasteiger partial charge in [-0.2, -0.15) is 0 Å². The van der Waals surface area contributed by atoms with E-state index in [0.717, 1.165) is 26.1 Å². The number of nitrogens with one attached hydrogen (secondary N) is 1. The summed E-state index contributed by atoms with van der Waals surface area (Å²) in [7, 11) is 0. The maximum absolute atomic E-state index is 5.32. The average Bonchev–Trinajstić information content (AvgIpc) is 2.19. The Morgan fingerprint density at radius 1 is 1.27 bits per heavy atom. The van der Waals surface area contributed by atoms with E-state index in [2.05, 4.69) is 36.5 Å². The molecule has 0 amide bonds. The Bertz CT molecular complexity index is 297. The first-order valence-corrected chi connectivity index (χ1v) is 5.25. The Hall–Kier alpha value is -0.730. The molecule has 15 heavy (non-hydrogen) atoms. The normalized spacial score (nSPS) is 16.9. The van der Waals surface area contributed by atoms with Crippen molar-refractivity contribution in [3.8, 4) is 0 Å². The maximum Gasteiger partial charge on any atom is 0.0485 e. The smallest absolute Gasteiger partial charge is 0.0485 e. The van der Waals surface area contributed by atoms with Gasteiger partial charge in [-0.25, -0.2) is 0 Å². The molecule has 2 nitrogen and oxygen atoms in total. The van der Waals surface area contributed by atoms with Gasteiger partial charge in [0.15, 0.2) is 0 Å². The van der Waals surface area contributed by atoms with E-state index in [9.17, 15) is 0 Å². The minimum absolute atomic E-state index is 0. The van der Waals surface area contributed by atoms with E-state index >= 15 is 0 Å². The molecule has 2 rings (SSSR count).